The first kappa shape index (κ1) is 18.5. The van der Waals surface area contributed by atoms with Crippen LogP contribution in [0.5, 0.6) is 0 Å². The Bertz CT molecular complexity index is 818. The Kier molecular flexibility index (Phi) is 5.48. The highest BCUT2D eigenvalue weighted by molar-refractivity contribution is 6.30. The van der Waals surface area contributed by atoms with Crippen LogP contribution in [0.4, 0.5) is 0 Å². The second-order valence-electron chi connectivity index (χ2n) is 7.18. The van der Waals surface area contributed by atoms with E-state index in [1.165, 1.54) is 12.8 Å². The summed E-state index contributed by atoms with van der Waals surface area (Å²) in [5.41, 5.74) is 2.33. The van der Waals surface area contributed by atoms with Gasteiger partial charge in [0.05, 0.1) is 35.9 Å². The fraction of sp³-hybridized carbons (Fsp3) is 0.500. The van der Waals surface area contributed by atoms with Crippen LogP contribution in [0.15, 0.2) is 30.5 Å². The normalized spacial score (nSPS) is 20.6. The van der Waals surface area contributed by atoms with E-state index in [2.05, 4.69) is 15.3 Å². The molecule has 1 atom stereocenters. The van der Waals surface area contributed by atoms with Crippen LogP contribution in [0.3, 0.4) is 0 Å². The number of carbonyl (C=O) groups excluding carboxylic acids is 1. The number of hydrogen-bond acceptors (Lipinski definition) is 4. The quantitative estimate of drug-likeness (QED) is 0.826. The molecule has 2 heterocycles. The van der Waals surface area contributed by atoms with Gasteiger partial charge in [-0.05, 0) is 37.5 Å². The van der Waals surface area contributed by atoms with E-state index in [0.717, 1.165) is 37.1 Å². The molecule has 0 bridgehead atoms. The molecule has 4 rings (SSSR count). The number of amides is 1. The number of benzene rings is 1. The second kappa shape index (κ2) is 8.00. The lowest BCUT2D eigenvalue weighted by Gasteiger charge is -2.33. The molecule has 1 aromatic heterocycles. The number of hydrogen-bond donors (Lipinski definition) is 1. The maximum atomic E-state index is 12.7. The highest BCUT2D eigenvalue weighted by Gasteiger charge is 2.33. The van der Waals surface area contributed by atoms with Gasteiger partial charge in [0.2, 0.25) is 0 Å². The van der Waals surface area contributed by atoms with Crippen molar-refractivity contribution in [1.29, 1.82) is 0 Å². The minimum Gasteiger partial charge on any atom is -0.374 e. The fourth-order valence-corrected chi connectivity index (χ4v) is 3.86. The fourth-order valence-electron chi connectivity index (χ4n) is 3.67. The van der Waals surface area contributed by atoms with E-state index < -0.39 is 0 Å². The monoisotopic (exact) mass is 388 g/mol. The molecule has 0 spiro atoms. The van der Waals surface area contributed by atoms with Gasteiger partial charge >= 0.3 is 0 Å². The molecule has 27 heavy (non-hydrogen) atoms. The molecule has 1 amide bonds. The minimum absolute atomic E-state index is 0.0522. The van der Waals surface area contributed by atoms with Crippen LogP contribution in [0.1, 0.15) is 35.8 Å². The first-order chi connectivity index (χ1) is 13.2. The van der Waals surface area contributed by atoms with Gasteiger partial charge < -0.3 is 10.1 Å². The molecule has 1 aliphatic carbocycles. The zero-order valence-corrected chi connectivity index (χ0v) is 16.3. The van der Waals surface area contributed by atoms with Crippen LogP contribution >= 0.6 is 11.6 Å². The van der Waals surface area contributed by atoms with Gasteiger partial charge in [0, 0.05) is 30.7 Å². The summed E-state index contributed by atoms with van der Waals surface area (Å²) < 4.78 is 7.61. The van der Waals surface area contributed by atoms with Gasteiger partial charge in [-0.2, -0.15) is 5.10 Å². The van der Waals surface area contributed by atoms with E-state index in [4.69, 9.17) is 16.3 Å². The summed E-state index contributed by atoms with van der Waals surface area (Å²) in [7, 11) is 0. The minimum atomic E-state index is -0.104. The zero-order valence-electron chi connectivity index (χ0n) is 15.5. The Balaban J connectivity index is 1.42. The largest absolute Gasteiger partial charge is 0.374 e. The molecule has 1 saturated heterocycles. The Morgan fingerprint density at radius 3 is 3.00 bits per heavy atom. The van der Waals surface area contributed by atoms with Gasteiger partial charge in [-0.15, -0.1) is 0 Å². The lowest BCUT2D eigenvalue weighted by Crippen LogP contribution is -2.48. The lowest BCUT2D eigenvalue weighted by molar-refractivity contribution is -0.0293. The molecular weight excluding hydrogens is 364 g/mol. The molecule has 144 valence electrons. The smallest absolute Gasteiger partial charge is 0.254 e. The van der Waals surface area contributed by atoms with Crippen LogP contribution in [-0.2, 0) is 11.2 Å². The van der Waals surface area contributed by atoms with E-state index in [-0.39, 0.29) is 12.0 Å². The van der Waals surface area contributed by atoms with Crippen molar-refractivity contribution >= 4 is 17.5 Å². The molecule has 1 aromatic carbocycles. The highest BCUT2D eigenvalue weighted by atomic mass is 35.5. The molecule has 2 fully saturated rings. The summed E-state index contributed by atoms with van der Waals surface area (Å²) in [5, 5.41) is 8.09. The van der Waals surface area contributed by atoms with Crippen molar-refractivity contribution in [3.8, 4) is 5.69 Å². The molecule has 1 saturated carbocycles. The number of rotatable bonds is 6. The third kappa shape index (κ3) is 4.18. The van der Waals surface area contributed by atoms with Crippen molar-refractivity contribution in [3.63, 3.8) is 0 Å². The third-order valence-electron chi connectivity index (χ3n) is 5.22. The van der Waals surface area contributed by atoms with E-state index in [0.29, 0.717) is 23.6 Å². The van der Waals surface area contributed by atoms with Gasteiger partial charge in [0.15, 0.2) is 0 Å². The Hall–Kier alpha value is -1.89. The topological polar surface area (TPSA) is 59.4 Å². The lowest BCUT2D eigenvalue weighted by atomic mass is 10.1. The molecule has 1 unspecified atom stereocenters. The summed E-state index contributed by atoms with van der Waals surface area (Å²) in [6, 6.07) is 8.21. The number of carbonyl (C=O) groups is 1. The first-order valence-electron chi connectivity index (χ1n) is 9.62. The van der Waals surface area contributed by atoms with Crippen LogP contribution in [0.2, 0.25) is 5.02 Å². The molecular formula is C20H25ClN4O2. The van der Waals surface area contributed by atoms with Gasteiger partial charge in [0.1, 0.15) is 0 Å². The van der Waals surface area contributed by atoms with E-state index in [1.54, 1.807) is 10.9 Å². The average Bonchev–Trinajstić information content (AvgIpc) is 3.45. The molecule has 7 heteroatoms. The van der Waals surface area contributed by atoms with Gasteiger partial charge in [-0.1, -0.05) is 24.6 Å². The average molecular weight is 389 g/mol. The van der Waals surface area contributed by atoms with Crippen LogP contribution in [-0.4, -0.2) is 59.0 Å². The van der Waals surface area contributed by atoms with Crippen molar-refractivity contribution in [2.24, 2.45) is 0 Å². The number of nitrogens with one attached hydrogen (secondary N) is 1. The standard InChI is InChI=1S/C20H25ClN4O2/c1-2-19-18(12-23-25(19)16-5-3-4-14(21)10-16)20(26)22-11-17-13-24(8-9-27-17)15-6-7-15/h3-5,10,12,15,17H,2,6-9,11,13H2,1H3,(H,22,26). The number of ether oxygens (including phenoxy) is 1. The van der Waals surface area contributed by atoms with Crippen molar-refractivity contribution in [1.82, 2.24) is 20.0 Å². The maximum Gasteiger partial charge on any atom is 0.254 e. The number of aromatic nitrogens is 2. The SMILES string of the molecule is CCc1c(C(=O)NCC2CN(C3CC3)CCO2)cnn1-c1cccc(Cl)c1. The summed E-state index contributed by atoms with van der Waals surface area (Å²) in [5.74, 6) is -0.104. The number of nitrogens with zero attached hydrogens (tertiary/aromatic N) is 3. The van der Waals surface area contributed by atoms with E-state index in [9.17, 15) is 4.79 Å². The van der Waals surface area contributed by atoms with Crippen molar-refractivity contribution in [2.75, 3.05) is 26.2 Å². The summed E-state index contributed by atoms with van der Waals surface area (Å²) >= 11 is 6.10. The van der Waals surface area contributed by atoms with Crippen LogP contribution < -0.4 is 5.32 Å². The Labute approximate surface area is 164 Å². The molecule has 2 aliphatic rings. The molecule has 1 aliphatic heterocycles. The van der Waals surface area contributed by atoms with Crippen LogP contribution in [0, 0.1) is 0 Å². The predicted molar refractivity (Wildman–Crippen MR) is 105 cm³/mol. The van der Waals surface area contributed by atoms with E-state index >= 15 is 0 Å². The summed E-state index contributed by atoms with van der Waals surface area (Å²) in [6.07, 6.45) is 4.97. The predicted octanol–water partition coefficient (Wildman–Crippen LogP) is 2.68. The van der Waals surface area contributed by atoms with Crippen LogP contribution in [0.25, 0.3) is 5.69 Å². The number of halogens is 1. The summed E-state index contributed by atoms with van der Waals surface area (Å²) in [6.45, 7) is 5.18. The molecule has 0 radical (unpaired) electrons. The molecule has 2 aromatic rings. The van der Waals surface area contributed by atoms with Gasteiger partial charge in [0.25, 0.3) is 5.91 Å². The number of morpholine rings is 1. The first-order valence-corrected chi connectivity index (χ1v) is 10.00. The molecule has 1 N–H and O–H groups in total. The van der Waals surface area contributed by atoms with Gasteiger partial charge in [-0.3, -0.25) is 9.69 Å². The Morgan fingerprint density at radius 1 is 1.41 bits per heavy atom. The Morgan fingerprint density at radius 2 is 2.26 bits per heavy atom. The van der Waals surface area contributed by atoms with Crippen molar-refractivity contribution in [2.45, 2.75) is 38.3 Å². The zero-order chi connectivity index (χ0) is 18.8. The van der Waals surface area contributed by atoms with Gasteiger partial charge in [-0.25, -0.2) is 4.68 Å². The molecule has 6 nitrogen and oxygen atoms in total. The second-order valence-corrected chi connectivity index (χ2v) is 7.62. The third-order valence-corrected chi connectivity index (χ3v) is 5.46. The highest BCUT2D eigenvalue weighted by Crippen LogP contribution is 2.28. The van der Waals surface area contributed by atoms with Crippen molar-refractivity contribution in [3.05, 3.63) is 46.7 Å². The maximum absolute atomic E-state index is 12.7. The summed E-state index contributed by atoms with van der Waals surface area (Å²) in [4.78, 5) is 15.2. The van der Waals surface area contributed by atoms with E-state index in [1.807, 2.05) is 31.2 Å². The van der Waals surface area contributed by atoms with Crippen molar-refractivity contribution < 1.29 is 9.53 Å².